The lowest BCUT2D eigenvalue weighted by molar-refractivity contribution is -0.135. The molecular formula is C13H18N2O4. The number of rotatable bonds is 5. The van der Waals surface area contributed by atoms with Crippen LogP contribution in [-0.2, 0) is 9.53 Å². The number of para-hydroxylation sites is 2. The number of hydrogen-bond donors (Lipinski definition) is 2. The Bertz CT molecular complexity index is 460. The van der Waals surface area contributed by atoms with Gasteiger partial charge in [-0.05, 0) is 18.1 Å². The maximum Gasteiger partial charge on any atom is 0.414 e. The quantitative estimate of drug-likeness (QED) is 0.794. The van der Waals surface area contributed by atoms with E-state index in [0.717, 1.165) is 4.90 Å². The van der Waals surface area contributed by atoms with E-state index in [1.54, 1.807) is 24.3 Å². The lowest BCUT2D eigenvalue weighted by Gasteiger charge is -2.22. The normalized spacial score (nSPS) is 10.3. The van der Waals surface area contributed by atoms with Crippen LogP contribution in [0.15, 0.2) is 24.3 Å². The first-order valence-corrected chi connectivity index (χ1v) is 5.92. The Kier molecular flexibility index (Phi) is 5.17. The molecule has 19 heavy (non-hydrogen) atoms. The summed E-state index contributed by atoms with van der Waals surface area (Å²) < 4.78 is 5.04. The van der Waals surface area contributed by atoms with Crippen molar-refractivity contribution in [1.82, 2.24) is 0 Å². The molecule has 104 valence electrons. The molecule has 1 amide bonds. The zero-order chi connectivity index (χ0) is 14.4. The molecular weight excluding hydrogens is 248 g/mol. The van der Waals surface area contributed by atoms with Crippen molar-refractivity contribution in [2.75, 3.05) is 23.8 Å². The van der Waals surface area contributed by atoms with Gasteiger partial charge in [-0.3, -0.25) is 9.69 Å². The standard InChI is InChI=1S/C13H18N2O4/c1-9(2)8-19-13(18)15(7-12(16)17)11-6-4-3-5-10(11)14/h3-6,9H,7-8,14H2,1-2H3,(H,16,17). The van der Waals surface area contributed by atoms with E-state index in [2.05, 4.69) is 0 Å². The Labute approximate surface area is 111 Å². The third-order valence-electron chi connectivity index (χ3n) is 2.28. The van der Waals surface area contributed by atoms with Crippen LogP contribution in [0.2, 0.25) is 0 Å². The molecule has 0 bridgehead atoms. The minimum atomic E-state index is -1.13. The van der Waals surface area contributed by atoms with E-state index in [0.29, 0.717) is 11.4 Å². The number of carbonyl (C=O) groups is 2. The summed E-state index contributed by atoms with van der Waals surface area (Å²) in [4.78, 5) is 23.8. The van der Waals surface area contributed by atoms with Gasteiger partial charge >= 0.3 is 12.1 Å². The maximum absolute atomic E-state index is 11.9. The zero-order valence-corrected chi connectivity index (χ0v) is 11.0. The van der Waals surface area contributed by atoms with Crippen LogP contribution in [0.3, 0.4) is 0 Å². The van der Waals surface area contributed by atoms with Crippen molar-refractivity contribution in [2.45, 2.75) is 13.8 Å². The van der Waals surface area contributed by atoms with Gasteiger partial charge < -0.3 is 15.6 Å². The summed E-state index contributed by atoms with van der Waals surface area (Å²) in [6.07, 6.45) is -0.714. The van der Waals surface area contributed by atoms with Crippen molar-refractivity contribution in [3.8, 4) is 0 Å². The molecule has 3 N–H and O–H groups in total. The number of carboxylic acids is 1. The van der Waals surface area contributed by atoms with Crippen LogP contribution in [0.25, 0.3) is 0 Å². The van der Waals surface area contributed by atoms with Crippen molar-refractivity contribution in [3.05, 3.63) is 24.3 Å². The number of ether oxygens (including phenoxy) is 1. The van der Waals surface area contributed by atoms with Crippen LogP contribution in [0.1, 0.15) is 13.8 Å². The van der Waals surface area contributed by atoms with Crippen molar-refractivity contribution < 1.29 is 19.4 Å². The van der Waals surface area contributed by atoms with Gasteiger partial charge in [0, 0.05) is 0 Å². The first kappa shape index (κ1) is 14.8. The van der Waals surface area contributed by atoms with Crippen molar-refractivity contribution in [2.24, 2.45) is 5.92 Å². The summed E-state index contributed by atoms with van der Waals surface area (Å²) in [6.45, 7) is 3.52. The van der Waals surface area contributed by atoms with Crippen molar-refractivity contribution >= 4 is 23.4 Å². The first-order valence-electron chi connectivity index (χ1n) is 5.92. The molecule has 0 fully saturated rings. The average molecular weight is 266 g/mol. The Morgan fingerprint density at radius 1 is 1.37 bits per heavy atom. The Morgan fingerprint density at radius 3 is 2.53 bits per heavy atom. The monoisotopic (exact) mass is 266 g/mol. The summed E-state index contributed by atoms with van der Waals surface area (Å²) >= 11 is 0. The minimum Gasteiger partial charge on any atom is -0.480 e. The fourth-order valence-electron chi connectivity index (χ4n) is 1.43. The van der Waals surface area contributed by atoms with Gasteiger partial charge in [0.05, 0.1) is 18.0 Å². The fourth-order valence-corrected chi connectivity index (χ4v) is 1.43. The van der Waals surface area contributed by atoms with Gasteiger partial charge in [-0.2, -0.15) is 0 Å². The molecule has 0 radical (unpaired) electrons. The number of amides is 1. The molecule has 1 aromatic carbocycles. The van der Waals surface area contributed by atoms with E-state index in [4.69, 9.17) is 15.6 Å². The van der Waals surface area contributed by atoms with Gasteiger partial charge in [-0.25, -0.2) is 4.79 Å². The molecule has 0 heterocycles. The second-order valence-corrected chi connectivity index (χ2v) is 4.51. The largest absolute Gasteiger partial charge is 0.480 e. The molecule has 0 unspecified atom stereocenters. The van der Waals surface area contributed by atoms with Crippen molar-refractivity contribution in [1.29, 1.82) is 0 Å². The van der Waals surface area contributed by atoms with E-state index in [1.165, 1.54) is 0 Å². The smallest absolute Gasteiger partial charge is 0.414 e. The first-order chi connectivity index (χ1) is 8.91. The Hall–Kier alpha value is -2.24. The van der Waals surface area contributed by atoms with Crippen LogP contribution in [-0.4, -0.2) is 30.3 Å². The van der Waals surface area contributed by atoms with Gasteiger partial charge in [-0.15, -0.1) is 0 Å². The van der Waals surface area contributed by atoms with Gasteiger partial charge in [0.25, 0.3) is 0 Å². The third kappa shape index (κ3) is 4.50. The van der Waals surface area contributed by atoms with Gasteiger partial charge in [-0.1, -0.05) is 26.0 Å². The molecule has 6 nitrogen and oxygen atoms in total. The van der Waals surface area contributed by atoms with E-state index >= 15 is 0 Å². The van der Waals surface area contributed by atoms with Crippen LogP contribution in [0.4, 0.5) is 16.2 Å². The van der Waals surface area contributed by atoms with Crippen LogP contribution in [0.5, 0.6) is 0 Å². The summed E-state index contributed by atoms with van der Waals surface area (Å²) in [6, 6.07) is 6.56. The molecule has 0 aliphatic rings. The number of benzene rings is 1. The molecule has 6 heteroatoms. The summed E-state index contributed by atoms with van der Waals surface area (Å²) in [5.41, 5.74) is 6.40. The predicted octanol–water partition coefficient (Wildman–Crippen LogP) is 1.95. The highest BCUT2D eigenvalue weighted by molar-refractivity contribution is 5.95. The Morgan fingerprint density at radius 2 is 2.00 bits per heavy atom. The number of aliphatic carboxylic acids is 1. The zero-order valence-electron chi connectivity index (χ0n) is 11.0. The topological polar surface area (TPSA) is 92.9 Å². The predicted molar refractivity (Wildman–Crippen MR) is 72.0 cm³/mol. The summed E-state index contributed by atoms with van der Waals surface area (Å²) in [5, 5.41) is 8.87. The highest BCUT2D eigenvalue weighted by atomic mass is 16.6. The molecule has 1 aromatic rings. The number of nitrogens with zero attached hydrogens (tertiary/aromatic N) is 1. The van der Waals surface area contributed by atoms with Gasteiger partial charge in [0.1, 0.15) is 6.54 Å². The number of carbonyl (C=O) groups excluding carboxylic acids is 1. The summed E-state index contributed by atoms with van der Waals surface area (Å²) in [7, 11) is 0. The molecule has 1 rings (SSSR count). The van der Waals surface area contributed by atoms with E-state index in [1.807, 2.05) is 13.8 Å². The molecule has 0 aliphatic carbocycles. The molecule has 0 aromatic heterocycles. The number of carboxylic acid groups (broad SMARTS) is 1. The fraction of sp³-hybridized carbons (Fsp3) is 0.385. The van der Waals surface area contributed by atoms with Crippen LogP contribution >= 0.6 is 0 Å². The van der Waals surface area contributed by atoms with E-state index in [9.17, 15) is 9.59 Å². The van der Waals surface area contributed by atoms with Crippen LogP contribution < -0.4 is 10.6 Å². The summed E-state index contributed by atoms with van der Waals surface area (Å²) in [5.74, 6) is -0.964. The second-order valence-electron chi connectivity index (χ2n) is 4.51. The number of hydrogen-bond acceptors (Lipinski definition) is 4. The molecule has 0 saturated carbocycles. The molecule has 0 atom stereocenters. The average Bonchev–Trinajstić information content (AvgIpc) is 2.33. The number of nitrogens with two attached hydrogens (primary N) is 1. The lowest BCUT2D eigenvalue weighted by Crippen LogP contribution is -2.37. The highest BCUT2D eigenvalue weighted by Gasteiger charge is 2.22. The van der Waals surface area contributed by atoms with Crippen molar-refractivity contribution in [3.63, 3.8) is 0 Å². The lowest BCUT2D eigenvalue weighted by atomic mass is 10.2. The molecule has 0 saturated heterocycles. The second kappa shape index (κ2) is 6.63. The molecule has 0 aliphatic heterocycles. The van der Waals surface area contributed by atoms with Gasteiger partial charge in [0.2, 0.25) is 0 Å². The minimum absolute atomic E-state index is 0.170. The highest BCUT2D eigenvalue weighted by Crippen LogP contribution is 2.23. The Balaban J connectivity index is 2.92. The SMILES string of the molecule is CC(C)COC(=O)N(CC(=O)O)c1ccccc1N. The van der Waals surface area contributed by atoms with Crippen LogP contribution in [0, 0.1) is 5.92 Å². The molecule has 0 spiro atoms. The number of anilines is 2. The van der Waals surface area contributed by atoms with E-state index < -0.39 is 18.6 Å². The van der Waals surface area contributed by atoms with E-state index in [-0.39, 0.29) is 12.5 Å². The number of nitrogen functional groups attached to an aromatic ring is 1. The third-order valence-corrected chi connectivity index (χ3v) is 2.28. The van der Waals surface area contributed by atoms with Gasteiger partial charge in [0.15, 0.2) is 0 Å². The maximum atomic E-state index is 11.9.